The Kier molecular flexibility index (Phi) is 3.89. The molecule has 0 saturated carbocycles. The fourth-order valence-corrected chi connectivity index (χ4v) is 5.47. The lowest BCUT2D eigenvalue weighted by Crippen LogP contribution is -2.46. The van der Waals surface area contributed by atoms with Crippen LogP contribution in [-0.2, 0) is 18.9 Å². The second-order valence-electron chi connectivity index (χ2n) is 8.82. The molecule has 1 aromatic carbocycles. The van der Waals surface area contributed by atoms with E-state index >= 15 is 0 Å². The maximum atomic E-state index is 13.2. The number of aromatic nitrogens is 2. The van der Waals surface area contributed by atoms with Crippen LogP contribution in [0.5, 0.6) is 0 Å². The van der Waals surface area contributed by atoms with E-state index in [-0.39, 0.29) is 16.6 Å². The molecular weight excluding hydrogens is 334 g/mol. The number of carbonyl (C=O) groups is 1. The van der Waals surface area contributed by atoms with Crippen molar-refractivity contribution >= 4 is 5.78 Å². The molecule has 27 heavy (non-hydrogen) atoms. The molecular formula is C23H25N3O. The van der Waals surface area contributed by atoms with Gasteiger partial charge >= 0.3 is 0 Å². The maximum absolute atomic E-state index is 13.2. The Labute approximate surface area is 160 Å². The Bertz CT molecular complexity index is 991. The Balaban J connectivity index is 1.89. The fraction of sp³-hybridized carbons (Fsp3) is 0.435. The quantitative estimate of drug-likeness (QED) is 0.749. The SMILES string of the molecule is Cn1nc2c(c1C(=O)c1ccccc1)CC[C@H]1C(C)(C)CC(C#N)=CC21C. The van der Waals surface area contributed by atoms with E-state index in [1.165, 1.54) is 0 Å². The van der Waals surface area contributed by atoms with Crippen molar-refractivity contribution < 1.29 is 4.79 Å². The third kappa shape index (κ3) is 2.56. The van der Waals surface area contributed by atoms with Crippen molar-refractivity contribution in [1.29, 1.82) is 5.26 Å². The molecule has 1 unspecified atom stereocenters. The molecule has 0 radical (unpaired) electrons. The lowest BCUT2D eigenvalue weighted by Gasteiger charge is -2.50. The molecule has 2 aliphatic carbocycles. The Hall–Kier alpha value is -2.67. The van der Waals surface area contributed by atoms with Crippen LogP contribution in [0.4, 0.5) is 0 Å². The number of ketones is 1. The van der Waals surface area contributed by atoms with Crippen LogP contribution in [-0.4, -0.2) is 15.6 Å². The number of rotatable bonds is 2. The van der Waals surface area contributed by atoms with Crippen molar-refractivity contribution in [3.63, 3.8) is 0 Å². The molecule has 4 nitrogen and oxygen atoms in total. The van der Waals surface area contributed by atoms with E-state index in [9.17, 15) is 10.1 Å². The average Bonchev–Trinajstić information content (AvgIpc) is 2.98. The Morgan fingerprint density at radius 1 is 1.26 bits per heavy atom. The molecule has 2 atom stereocenters. The molecule has 0 saturated heterocycles. The van der Waals surface area contributed by atoms with Gasteiger partial charge in [0, 0.05) is 29.2 Å². The van der Waals surface area contributed by atoms with Gasteiger partial charge in [0.25, 0.3) is 0 Å². The van der Waals surface area contributed by atoms with E-state index in [0.29, 0.717) is 17.2 Å². The maximum Gasteiger partial charge on any atom is 0.211 e. The monoisotopic (exact) mass is 359 g/mol. The van der Waals surface area contributed by atoms with Crippen LogP contribution in [0.2, 0.25) is 0 Å². The minimum absolute atomic E-state index is 0.0217. The second kappa shape index (κ2) is 5.92. The first kappa shape index (κ1) is 17.7. The summed E-state index contributed by atoms with van der Waals surface area (Å²) >= 11 is 0. The molecule has 0 N–H and O–H groups in total. The summed E-state index contributed by atoms with van der Waals surface area (Å²) in [5.74, 6) is 0.428. The van der Waals surface area contributed by atoms with Crippen molar-refractivity contribution in [2.24, 2.45) is 18.4 Å². The lowest BCUT2D eigenvalue weighted by atomic mass is 9.53. The predicted molar refractivity (Wildman–Crippen MR) is 104 cm³/mol. The highest BCUT2D eigenvalue weighted by Gasteiger charge is 2.52. The fourth-order valence-electron chi connectivity index (χ4n) is 5.47. The van der Waals surface area contributed by atoms with E-state index in [4.69, 9.17) is 5.10 Å². The largest absolute Gasteiger partial charge is 0.287 e. The highest BCUT2D eigenvalue weighted by atomic mass is 16.1. The van der Waals surface area contributed by atoms with Gasteiger partial charge in [-0.05, 0) is 30.6 Å². The highest BCUT2D eigenvalue weighted by molar-refractivity contribution is 6.09. The van der Waals surface area contributed by atoms with E-state index < -0.39 is 0 Å². The molecule has 138 valence electrons. The van der Waals surface area contributed by atoms with Gasteiger partial charge in [-0.15, -0.1) is 0 Å². The number of hydrogen-bond donors (Lipinski definition) is 0. The summed E-state index contributed by atoms with van der Waals surface area (Å²) in [5.41, 5.74) is 3.95. The van der Waals surface area contributed by atoms with Crippen LogP contribution < -0.4 is 0 Å². The zero-order valence-electron chi connectivity index (χ0n) is 16.4. The minimum Gasteiger partial charge on any atom is -0.287 e. The number of benzene rings is 1. The number of aryl methyl sites for hydroxylation is 1. The van der Waals surface area contributed by atoms with Crippen molar-refractivity contribution in [3.8, 4) is 6.07 Å². The highest BCUT2D eigenvalue weighted by Crippen LogP contribution is 2.55. The number of hydrogen-bond acceptors (Lipinski definition) is 3. The first-order valence-electron chi connectivity index (χ1n) is 9.56. The van der Waals surface area contributed by atoms with Gasteiger partial charge in [0.05, 0.1) is 11.8 Å². The van der Waals surface area contributed by atoms with Crippen LogP contribution in [0.3, 0.4) is 0 Å². The Morgan fingerprint density at radius 3 is 2.63 bits per heavy atom. The van der Waals surface area contributed by atoms with Gasteiger partial charge in [-0.3, -0.25) is 9.48 Å². The first-order valence-corrected chi connectivity index (χ1v) is 9.56. The average molecular weight is 359 g/mol. The third-order valence-corrected chi connectivity index (χ3v) is 6.52. The van der Waals surface area contributed by atoms with Crippen LogP contribution in [0.15, 0.2) is 42.0 Å². The molecule has 2 aromatic rings. The van der Waals surface area contributed by atoms with Crippen LogP contribution in [0.1, 0.15) is 60.9 Å². The smallest absolute Gasteiger partial charge is 0.211 e. The summed E-state index contributed by atoms with van der Waals surface area (Å²) in [6, 6.07) is 11.8. The van der Waals surface area contributed by atoms with E-state index in [1.54, 1.807) is 4.68 Å². The number of fused-ring (bicyclic) bond motifs is 3. The molecule has 4 rings (SSSR count). The molecule has 0 aliphatic heterocycles. The molecule has 0 amide bonds. The summed E-state index contributed by atoms with van der Waals surface area (Å²) < 4.78 is 1.75. The third-order valence-electron chi connectivity index (χ3n) is 6.52. The Morgan fingerprint density at radius 2 is 1.96 bits per heavy atom. The molecule has 1 aromatic heterocycles. The van der Waals surface area contributed by atoms with Gasteiger partial charge < -0.3 is 0 Å². The summed E-state index contributed by atoms with van der Waals surface area (Å²) in [6.45, 7) is 6.70. The molecule has 0 bridgehead atoms. The molecule has 0 fully saturated rings. The normalized spacial score (nSPS) is 25.7. The van der Waals surface area contributed by atoms with E-state index in [1.807, 2.05) is 37.4 Å². The standard InChI is InChI=1S/C23H25N3O/c1-22(2)12-15(14-24)13-23(3)18(22)11-10-17-19(26(4)25-21(17)23)20(27)16-8-6-5-7-9-16/h5-9,13,18H,10-12H2,1-4H3/t18-,23?/m0/s1. The number of allylic oxidation sites excluding steroid dienone is 2. The molecule has 0 spiro atoms. The van der Waals surface area contributed by atoms with Gasteiger partial charge in [-0.1, -0.05) is 57.2 Å². The van der Waals surface area contributed by atoms with Gasteiger partial charge in [-0.2, -0.15) is 10.4 Å². The number of nitrogens with zero attached hydrogens (tertiary/aromatic N) is 3. The second-order valence-corrected chi connectivity index (χ2v) is 8.82. The minimum atomic E-state index is -0.312. The number of nitriles is 1. The van der Waals surface area contributed by atoms with E-state index in [2.05, 4.69) is 32.9 Å². The summed E-state index contributed by atoms with van der Waals surface area (Å²) in [4.78, 5) is 13.2. The van der Waals surface area contributed by atoms with Gasteiger partial charge in [-0.25, -0.2) is 0 Å². The summed E-state index contributed by atoms with van der Waals surface area (Å²) in [7, 11) is 1.86. The van der Waals surface area contributed by atoms with Crippen LogP contribution in [0, 0.1) is 22.7 Å². The first-order chi connectivity index (χ1) is 12.8. The van der Waals surface area contributed by atoms with Crippen molar-refractivity contribution in [3.05, 3.63) is 64.5 Å². The zero-order chi connectivity index (χ0) is 19.4. The predicted octanol–water partition coefficient (Wildman–Crippen LogP) is 4.35. The zero-order valence-corrected chi connectivity index (χ0v) is 16.4. The summed E-state index contributed by atoms with van der Waals surface area (Å²) in [6.07, 6.45) is 4.79. The molecule has 4 heteroatoms. The molecule has 1 heterocycles. The van der Waals surface area contributed by atoms with Crippen LogP contribution >= 0.6 is 0 Å². The molecule has 2 aliphatic rings. The van der Waals surface area contributed by atoms with Crippen molar-refractivity contribution in [1.82, 2.24) is 9.78 Å². The van der Waals surface area contributed by atoms with Crippen LogP contribution in [0.25, 0.3) is 0 Å². The van der Waals surface area contributed by atoms with Crippen molar-refractivity contribution in [2.45, 2.75) is 45.4 Å². The lowest BCUT2D eigenvalue weighted by molar-refractivity contribution is 0.102. The van der Waals surface area contributed by atoms with Gasteiger partial charge in [0.15, 0.2) is 0 Å². The summed E-state index contributed by atoms with van der Waals surface area (Å²) in [5, 5.41) is 14.4. The van der Waals surface area contributed by atoms with Crippen molar-refractivity contribution in [2.75, 3.05) is 0 Å². The topological polar surface area (TPSA) is 58.7 Å². The number of carbonyl (C=O) groups excluding carboxylic acids is 1. The van der Waals surface area contributed by atoms with Gasteiger partial charge in [0.2, 0.25) is 5.78 Å². The van der Waals surface area contributed by atoms with E-state index in [0.717, 1.165) is 36.1 Å². The van der Waals surface area contributed by atoms with Gasteiger partial charge in [0.1, 0.15) is 5.69 Å².